The number of rotatable bonds is 4. The monoisotopic (exact) mass is 212 g/mol. The van der Waals surface area contributed by atoms with E-state index < -0.39 is 0 Å². The van der Waals surface area contributed by atoms with Gasteiger partial charge in [0.2, 0.25) is 0 Å². The first-order valence-electron chi connectivity index (χ1n) is 5.52. The van der Waals surface area contributed by atoms with Crippen LogP contribution in [0.3, 0.4) is 0 Å². The van der Waals surface area contributed by atoms with Crippen LogP contribution in [0.5, 0.6) is 0 Å². The molecular weight excluding hydrogens is 196 g/mol. The summed E-state index contributed by atoms with van der Waals surface area (Å²) in [4.78, 5) is 0. The average Bonchev–Trinajstić information content (AvgIpc) is 2.65. The summed E-state index contributed by atoms with van der Waals surface area (Å²) >= 11 is 0. The number of nitrogens with one attached hydrogen (secondary N) is 1. The van der Waals surface area contributed by atoms with Gasteiger partial charge < -0.3 is 9.88 Å². The minimum Gasteiger partial charge on any atom is -0.342 e. The van der Waals surface area contributed by atoms with Gasteiger partial charge in [0, 0.05) is 30.7 Å². The Balaban J connectivity index is 2.47. The van der Waals surface area contributed by atoms with Crippen molar-refractivity contribution >= 4 is 10.9 Å². The molecule has 0 aliphatic carbocycles. The van der Waals surface area contributed by atoms with E-state index in [1.54, 1.807) is 0 Å². The smallest absolute Gasteiger partial charge is 0.0483 e. The van der Waals surface area contributed by atoms with E-state index in [1.165, 1.54) is 16.6 Å². The number of nitrogens with zero attached hydrogens (tertiary/aromatic N) is 1. The zero-order valence-electron chi connectivity index (χ0n) is 9.53. The van der Waals surface area contributed by atoms with Gasteiger partial charge in [0.15, 0.2) is 0 Å². The van der Waals surface area contributed by atoms with Crippen molar-refractivity contribution in [3.8, 4) is 12.3 Å². The molecule has 0 unspecified atom stereocenters. The third-order valence-electron chi connectivity index (χ3n) is 2.73. The molecule has 1 aromatic heterocycles. The number of hydrogen-bond acceptors (Lipinski definition) is 1. The fourth-order valence-corrected chi connectivity index (χ4v) is 2.04. The Hall–Kier alpha value is -1.72. The first-order valence-corrected chi connectivity index (χ1v) is 5.52. The highest BCUT2D eigenvalue weighted by molar-refractivity contribution is 5.81. The van der Waals surface area contributed by atoms with E-state index in [4.69, 9.17) is 6.42 Å². The summed E-state index contributed by atoms with van der Waals surface area (Å²) in [5, 5.41) is 4.47. The number of para-hydroxylation sites is 1. The number of aryl methyl sites for hydroxylation is 1. The highest BCUT2D eigenvalue weighted by atomic mass is 15.0. The predicted octanol–water partition coefficient (Wildman–Crippen LogP) is 2.38. The van der Waals surface area contributed by atoms with Crippen LogP contribution in [0.15, 0.2) is 30.3 Å². The molecule has 1 N–H and O–H groups in total. The quantitative estimate of drug-likeness (QED) is 0.770. The lowest BCUT2D eigenvalue weighted by molar-refractivity contribution is 0.669. The maximum Gasteiger partial charge on any atom is 0.0483 e. The number of hydrogen-bond donors (Lipinski definition) is 1. The Morgan fingerprint density at radius 2 is 2.19 bits per heavy atom. The van der Waals surface area contributed by atoms with Crippen LogP contribution in [0, 0.1) is 12.3 Å². The van der Waals surface area contributed by atoms with Gasteiger partial charge in [-0.2, -0.15) is 0 Å². The molecule has 0 saturated heterocycles. The van der Waals surface area contributed by atoms with Gasteiger partial charge in [0.25, 0.3) is 0 Å². The lowest BCUT2D eigenvalue weighted by Gasteiger charge is -2.08. The molecule has 2 nitrogen and oxygen atoms in total. The highest BCUT2D eigenvalue weighted by Crippen LogP contribution is 2.20. The van der Waals surface area contributed by atoms with E-state index in [0.717, 1.165) is 19.5 Å². The third-order valence-corrected chi connectivity index (χ3v) is 2.73. The van der Waals surface area contributed by atoms with Gasteiger partial charge in [-0.3, -0.25) is 0 Å². The molecule has 0 radical (unpaired) electrons. The molecule has 2 heteroatoms. The van der Waals surface area contributed by atoms with Crippen LogP contribution in [0.25, 0.3) is 10.9 Å². The average molecular weight is 212 g/mol. The van der Waals surface area contributed by atoms with Crippen molar-refractivity contribution in [2.75, 3.05) is 7.05 Å². The molecule has 0 bridgehead atoms. The van der Waals surface area contributed by atoms with Crippen molar-refractivity contribution < 1.29 is 0 Å². The summed E-state index contributed by atoms with van der Waals surface area (Å²) in [7, 11) is 1.96. The van der Waals surface area contributed by atoms with E-state index in [-0.39, 0.29) is 0 Å². The molecule has 0 amide bonds. The molecule has 1 heterocycles. The van der Waals surface area contributed by atoms with Gasteiger partial charge in [-0.25, -0.2) is 0 Å². The molecule has 2 aromatic rings. The van der Waals surface area contributed by atoms with Crippen LogP contribution < -0.4 is 5.32 Å². The lowest BCUT2D eigenvalue weighted by Crippen LogP contribution is -2.11. The van der Waals surface area contributed by atoms with Crippen molar-refractivity contribution in [1.29, 1.82) is 0 Å². The van der Waals surface area contributed by atoms with Crippen molar-refractivity contribution in [1.82, 2.24) is 9.88 Å². The lowest BCUT2D eigenvalue weighted by atomic mass is 10.2. The Kier molecular flexibility index (Phi) is 3.28. The van der Waals surface area contributed by atoms with Crippen molar-refractivity contribution in [3.05, 3.63) is 36.0 Å². The minimum absolute atomic E-state index is 0.773. The Labute approximate surface area is 96.3 Å². The predicted molar refractivity (Wildman–Crippen MR) is 68.2 cm³/mol. The summed E-state index contributed by atoms with van der Waals surface area (Å²) in [5.74, 6) is 2.70. The fourth-order valence-electron chi connectivity index (χ4n) is 2.04. The molecule has 1 aromatic carbocycles. The fraction of sp³-hybridized carbons (Fsp3) is 0.286. The van der Waals surface area contributed by atoms with Gasteiger partial charge in [-0.1, -0.05) is 18.2 Å². The van der Waals surface area contributed by atoms with E-state index >= 15 is 0 Å². The van der Waals surface area contributed by atoms with E-state index in [9.17, 15) is 0 Å². The minimum atomic E-state index is 0.773. The number of fused-ring (bicyclic) bond motifs is 1. The van der Waals surface area contributed by atoms with Crippen LogP contribution >= 0.6 is 0 Å². The van der Waals surface area contributed by atoms with E-state index in [0.29, 0.717) is 0 Å². The first-order chi connectivity index (χ1) is 7.86. The van der Waals surface area contributed by atoms with Crippen LogP contribution in [-0.2, 0) is 13.1 Å². The van der Waals surface area contributed by atoms with Gasteiger partial charge in [0.1, 0.15) is 0 Å². The Morgan fingerprint density at radius 3 is 2.94 bits per heavy atom. The topological polar surface area (TPSA) is 17.0 Å². The number of aromatic nitrogens is 1. The molecule has 0 aliphatic heterocycles. The first kappa shape index (κ1) is 10.8. The van der Waals surface area contributed by atoms with Crippen molar-refractivity contribution in [2.24, 2.45) is 0 Å². The zero-order valence-corrected chi connectivity index (χ0v) is 9.53. The Morgan fingerprint density at radius 1 is 1.38 bits per heavy atom. The van der Waals surface area contributed by atoms with Crippen molar-refractivity contribution in [3.63, 3.8) is 0 Å². The summed E-state index contributed by atoms with van der Waals surface area (Å²) in [6.07, 6.45) is 6.11. The summed E-state index contributed by atoms with van der Waals surface area (Å²) < 4.78 is 2.30. The molecule has 82 valence electrons. The van der Waals surface area contributed by atoms with E-state index in [1.807, 2.05) is 7.05 Å². The second kappa shape index (κ2) is 4.87. The largest absolute Gasteiger partial charge is 0.342 e. The van der Waals surface area contributed by atoms with Crippen LogP contribution in [-0.4, -0.2) is 11.6 Å². The highest BCUT2D eigenvalue weighted by Gasteiger charge is 2.06. The molecule has 0 fully saturated rings. The summed E-state index contributed by atoms with van der Waals surface area (Å²) in [6, 6.07) is 10.6. The standard InChI is InChI=1S/C14H16N2/c1-3-4-9-16-13(11-15-2)10-12-7-5-6-8-14(12)16/h1,5-8,10,15H,4,9,11H2,2H3. The van der Waals surface area contributed by atoms with Crippen LogP contribution in [0.2, 0.25) is 0 Å². The normalized spacial score (nSPS) is 10.5. The maximum atomic E-state index is 5.33. The number of terminal acetylenes is 1. The number of benzene rings is 1. The van der Waals surface area contributed by atoms with E-state index in [2.05, 4.69) is 46.1 Å². The molecule has 0 aliphatic rings. The molecule has 2 rings (SSSR count). The summed E-state index contributed by atoms with van der Waals surface area (Å²) in [6.45, 7) is 1.76. The maximum absolute atomic E-state index is 5.33. The molecular formula is C14H16N2. The van der Waals surface area contributed by atoms with Gasteiger partial charge in [-0.15, -0.1) is 12.3 Å². The molecule has 0 spiro atoms. The van der Waals surface area contributed by atoms with Gasteiger partial charge >= 0.3 is 0 Å². The second-order valence-corrected chi connectivity index (χ2v) is 3.83. The second-order valence-electron chi connectivity index (χ2n) is 3.83. The zero-order chi connectivity index (χ0) is 11.4. The molecule has 0 atom stereocenters. The summed E-state index contributed by atoms with van der Waals surface area (Å²) in [5.41, 5.74) is 2.56. The molecule has 0 saturated carbocycles. The van der Waals surface area contributed by atoms with Crippen LogP contribution in [0.4, 0.5) is 0 Å². The SMILES string of the molecule is C#CCCn1c(CNC)cc2ccccc21. The van der Waals surface area contributed by atoms with Crippen molar-refractivity contribution in [2.45, 2.75) is 19.5 Å². The van der Waals surface area contributed by atoms with Gasteiger partial charge in [-0.05, 0) is 24.6 Å². The molecule has 16 heavy (non-hydrogen) atoms. The van der Waals surface area contributed by atoms with Crippen LogP contribution in [0.1, 0.15) is 12.1 Å². The third kappa shape index (κ3) is 1.95. The van der Waals surface area contributed by atoms with Gasteiger partial charge in [0.05, 0.1) is 0 Å². The Bertz CT molecular complexity index is 517.